The van der Waals surface area contributed by atoms with E-state index < -0.39 is 17.9 Å². The summed E-state index contributed by atoms with van der Waals surface area (Å²) in [5.74, 6) is -0.982. The van der Waals surface area contributed by atoms with E-state index >= 15 is 0 Å². The molecule has 2 unspecified atom stereocenters. The maximum Gasteiger partial charge on any atom is 0.330 e. The van der Waals surface area contributed by atoms with E-state index in [0.717, 1.165) is 12.8 Å². The van der Waals surface area contributed by atoms with Crippen molar-refractivity contribution < 1.29 is 23.9 Å². The molecule has 1 fully saturated rings. The van der Waals surface area contributed by atoms with Crippen LogP contribution in [0.25, 0.3) is 0 Å². The largest absolute Gasteiger partial charge is 0.497 e. The van der Waals surface area contributed by atoms with Crippen molar-refractivity contribution in [3.63, 3.8) is 0 Å². The number of Topliss-reactive ketones (excluding diaryl/α,β-unsaturated/α-hetero) is 1. The third-order valence-corrected chi connectivity index (χ3v) is 4.18. The first kappa shape index (κ1) is 18.0. The van der Waals surface area contributed by atoms with Gasteiger partial charge in [0, 0.05) is 12.1 Å². The van der Waals surface area contributed by atoms with Crippen molar-refractivity contribution in [2.24, 2.45) is 5.92 Å². The second kappa shape index (κ2) is 7.95. The zero-order valence-corrected chi connectivity index (χ0v) is 14.3. The molecule has 0 saturated carbocycles. The third kappa shape index (κ3) is 3.75. The van der Waals surface area contributed by atoms with Gasteiger partial charge in [0.25, 0.3) is 0 Å². The average Bonchev–Trinajstić information content (AvgIpc) is 2.93. The van der Waals surface area contributed by atoms with E-state index in [-0.39, 0.29) is 18.1 Å². The molecule has 0 N–H and O–H groups in total. The molecule has 6 heteroatoms. The van der Waals surface area contributed by atoms with E-state index in [1.54, 1.807) is 31.4 Å². The zero-order chi connectivity index (χ0) is 17.7. The summed E-state index contributed by atoms with van der Waals surface area (Å²) in [6, 6.07) is 5.92. The standard InChI is InChI=1S/C18H23NO5/c1-4-5-10-24-18(22)17-15(12(2)20)11-16(21)19(17)13-6-8-14(23-3)9-7-13/h6-9,15,17H,4-5,10-11H2,1-3H3. The predicted molar refractivity (Wildman–Crippen MR) is 88.9 cm³/mol. The maximum absolute atomic E-state index is 12.5. The molecule has 1 saturated heterocycles. The second-order valence-electron chi connectivity index (χ2n) is 5.85. The minimum absolute atomic E-state index is 0.0227. The van der Waals surface area contributed by atoms with E-state index in [1.165, 1.54) is 11.8 Å². The molecule has 0 radical (unpaired) electrons. The van der Waals surface area contributed by atoms with Crippen LogP contribution in [0.3, 0.4) is 0 Å². The topological polar surface area (TPSA) is 72.9 Å². The number of esters is 1. The fourth-order valence-electron chi connectivity index (χ4n) is 2.82. The number of carbonyl (C=O) groups is 3. The summed E-state index contributed by atoms with van der Waals surface area (Å²) >= 11 is 0. The van der Waals surface area contributed by atoms with Crippen LogP contribution in [-0.4, -0.2) is 37.4 Å². The highest BCUT2D eigenvalue weighted by molar-refractivity contribution is 6.07. The van der Waals surface area contributed by atoms with E-state index in [2.05, 4.69) is 0 Å². The molecule has 1 aliphatic heterocycles. The SMILES string of the molecule is CCCCOC(=O)C1C(C(C)=O)CC(=O)N1c1ccc(OC)cc1. The van der Waals surface area contributed by atoms with Crippen molar-refractivity contribution in [1.29, 1.82) is 0 Å². The molecule has 0 spiro atoms. The molecule has 2 atom stereocenters. The smallest absolute Gasteiger partial charge is 0.330 e. The lowest BCUT2D eigenvalue weighted by Crippen LogP contribution is -2.44. The Morgan fingerprint density at radius 2 is 1.92 bits per heavy atom. The molecule has 2 rings (SSSR count). The lowest BCUT2D eigenvalue weighted by molar-refractivity contribution is -0.147. The molecular weight excluding hydrogens is 310 g/mol. The van der Waals surface area contributed by atoms with E-state index in [9.17, 15) is 14.4 Å². The van der Waals surface area contributed by atoms with Crippen molar-refractivity contribution in [3.8, 4) is 5.75 Å². The Morgan fingerprint density at radius 3 is 2.46 bits per heavy atom. The number of nitrogens with zero attached hydrogens (tertiary/aromatic N) is 1. The average molecular weight is 333 g/mol. The van der Waals surface area contributed by atoms with Gasteiger partial charge in [0.1, 0.15) is 17.6 Å². The molecule has 6 nitrogen and oxygen atoms in total. The Morgan fingerprint density at radius 1 is 1.25 bits per heavy atom. The lowest BCUT2D eigenvalue weighted by atomic mass is 9.96. The summed E-state index contributed by atoms with van der Waals surface area (Å²) in [6.07, 6.45) is 1.67. The molecule has 1 aromatic carbocycles. The number of hydrogen-bond acceptors (Lipinski definition) is 5. The predicted octanol–water partition coefficient (Wildman–Crippen LogP) is 2.35. The number of benzene rings is 1. The van der Waals surface area contributed by atoms with Crippen LogP contribution in [0.4, 0.5) is 5.69 Å². The van der Waals surface area contributed by atoms with Gasteiger partial charge < -0.3 is 9.47 Å². The number of carbonyl (C=O) groups excluding carboxylic acids is 3. The summed E-state index contributed by atoms with van der Waals surface area (Å²) in [5, 5.41) is 0. The van der Waals surface area contributed by atoms with Crippen molar-refractivity contribution in [2.45, 2.75) is 39.2 Å². The Kier molecular flexibility index (Phi) is 5.95. The van der Waals surface area contributed by atoms with E-state index in [0.29, 0.717) is 18.0 Å². The minimum atomic E-state index is -0.903. The Labute approximate surface area is 141 Å². The van der Waals surface area contributed by atoms with Gasteiger partial charge in [0.05, 0.1) is 19.6 Å². The van der Waals surface area contributed by atoms with Crippen LogP contribution in [0.2, 0.25) is 0 Å². The zero-order valence-electron chi connectivity index (χ0n) is 14.3. The first-order valence-electron chi connectivity index (χ1n) is 8.12. The highest BCUT2D eigenvalue weighted by atomic mass is 16.5. The molecule has 1 heterocycles. The number of hydrogen-bond donors (Lipinski definition) is 0. The highest BCUT2D eigenvalue weighted by Gasteiger charge is 2.48. The first-order valence-corrected chi connectivity index (χ1v) is 8.12. The number of methoxy groups -OCH3 is 1. The molecule has 24 heavy (non-hydrogen) atoms. The molecule has 0 aliphatic carbocycles. The van der Waals surface area contributed by atoms with Crippen LogP contribution < -0.4 is 9.64 Å². The van der Waals surface area contributed by atoms with Gasteiger partial charge in [-0.3, -0.25) is 14.5 Å². The summed E-state index contributed by atoms with van der Waals surface area (Å²) < 4.78 is 10.4. The maximum atomic E-state index is 12.5. The highest BCUT2D eigenvalue weighted by Crippen LogP contribution is 2.33. The molecule has 130 valence electrons. The quantitative estimate of drug-likeness (QED) is 0.566. The van der Waals surface area contributed by atoms with Crippen molar-refractivity contribution in [2.75, 3.05) is 18.6 Å². The van der Waals surface area contributed by atoms with Gasteiger partial charge in [-0.25, -0.2) is 4.79 Å². The number of unbranched alkanes of at least 4 members (excludes halogenated alkanes) is 1. The van der Waals surface area contributed by atoms with Gasteiger partial charge in [-0.05, 0) is 37.6 Å². The Balaban J connectivity index is 2.28. The fourth-order valence-corrected chi connectivity index (χ4v) is 2.82. The van der Waals surface area contributed by atoms with Crippen LogP contribution >= 0.6 is 0 Å². The number of amides is 1. The van der Waals surface area contributed by atoms with Crippen molar-refractivity contribution >= 4 is 23.3 Å². The van der Waals surface area contributed by atoms with Gasteiger partial charge in [0.2, 0.25) is 5.91 Å². The number of rotatable bonds is 7. The molecular formula is C18H23NO5. The van der Waals surface area contributed by atoms with Gasteiger partial charge in [-0.1, -0.05) is 13.3 Å². The summed E-state index contributed by atoms with van der Waals surface area (Å²) in [4.78, 5) is 38.2. The molecule has 1 aromatic rings. The second-order valence-corrected chi connectivity index (χ2v) is 5.85. The van der Waals surface area contributed by atoms with E-state index in [4.69, 9.17) is 9.47 Å². The van der Waals surface area contributed by atoms with Crippen LogP contribution in [0, 0.1) is 5.92 Å². The number of ketones is 1. The van der Waals surface area contributed by atoms with Crippen molar-refractivity contribution in [3.05, 3.63) is 24.3 Å². The van der Waals surface area contributed by atoms with Crippen LogP contribution in [0.15, 0.2) is 24.3 Å². The van der Waals surface area contributed by atoms with E-state index in [1.807, 2.05) is 6.92 Å². The van der Waals surface area contributed by atoms with Gasteiger partial charge in [0.15, 0.2) is 0 Å². The summed E-state index contributed by atoms with van der Waals surface area (Å²) in [7, 11) is 1.55. The lowest BCUT2D eigenvalue weighted by Gasteiger charge is -2.26. The van der Waals surface area contributed by atoms with Gasteiger partial charge in [-0.2, -0.15) is 0 Å². The van der Waals surface area contributed by atoms with Crippen LogP contribution in [-0.2, 0) is 19.1 Å². The summed E-state index contributed by atoms with van der Waals surface area (Å²) in [6.45, 7) is 3.69. The summed E-state index contributed by atoms with van der Waals surface area (Å²) in [5.41, 5.74) is 0.557. The van der Waals surface area contributed by atoms with Gasteiger partial charge in [-0.15, -0.1) is 0 Å². The monoisotopic (exact) mass is 333 g/mol. The van der Waals surface area contributed by atoms with Crippen LogP contribution in [0.5, 0.6) is 5.75 Å². The van der Waals surface area contributed by atoms with Crippen molar-refractivity contribution in [1.82, 2.24) is 0 Å². The molecule has 1 aliphatic rings. The molecule has 1 amide bonds. The number of anilines is 1. The Bertz CT molecular complexity index is 610. The molecule has 0 aromatic heterocycles. The minimum Gasteiger partial charge on any atom is -0.497 e. The molecule has 0 bridgehead atoms. The van der Waals surface area contributed by atoms with Crippen LogP contribution in [0.1, 0.15) is 33.1 Å². The van der Waals surface area contributed by atoms with Gasteiger partial charge >= 0.3 is 5.97 Å². The third-order valence-electron chi connectivity index (χ3n) is 4.18. The Hall–Kier alpha value is -2.37. The first-order chi connectivity index (χ1) is 11.5. The number of ether oxygens (including phenoxy) is 2. The fraction of sp³-hybridized carbons (Fsp3) is 0.500. The normalized spacial score (nSPS) is 20.1.